The van der Waals surface area contributed by atoms with Gasteiger partial charge in [-0.2, -0.15) is 5.10 Å². The van der Waals surface area contributed by atoms with Crippen molar-refractivity contribution in [1.82, 2.24) is 10.7 Å². The van der Waals surface area contributed by atoms with Gasteiger partial charge in [0.05, 0.1) is 28.8 Å². The number of carbonyl (C=O) groups is 2. The molecule has 4 saturated carbocycles. The van der Waals surface area contributed by atoms with Crippen LogP contribution in [-0.2, 0) is 16.0 Å². The molecule has 0 heterocycles. The number of nitro benzene ring substituents is 2. The first kappa shape index (κ1) is 22.8. The molecule has 2 N–H and O–H groups in total. The zero-order valence-corrected chi connectivity index (χ0v) is 18.4. The van der Waals surface area contributed by atoms with E-state index in [0.717, 1.165) is 24.0 Å². The number of benzene rings is 1. The molecule has 0 aromatic heterocycles. The van der Waals surface area contributed by atoms with E-state index in [0.29, 0.717) is 17.5 Å². The summed E-state index contributed by atoms with van der Waals surface area (Å²) in [7, 11) is 0. The van der Waals surface area contributed by atoms with Gasteiger partial charge in [0, 0.05) is 23.4 Å². The lowest BCUT2D eigenvalue weighted by Gasteiger charge is -2.54. The summed E-state index contributed by atoms with van der Waals surface area (Å²) < 4.78 is 0. The van der Waals surface area contributed by atoms with Gasteiger partial charge in [0.2, 0.25) is 11.8 Å². The standard InChI is InChI=1S/C22H27N5O6/c1-12(4-20(28)23-22-16-6-13-5-14(8-16)9-17(22)7-13)24-25-21(29)10-15-2-3-18(26(30)31)11-19(15)27(32)33/h2-3,11,13-14,16-17,22H,4-10H2,1H3,(H,23,28)(H,25,29)/b24-12+. The molecule has 0 saturated heterocycles. The van der Waals surface area contributed by atoms with Crippen LogP contribution in [0.25, 0.3) is 0 Å². The normalized spacial score (nSPS) is 27.8. The van der Waals surface area contributed by atoms with Crippen LogP contribution in [0.4, 0.5) is 11.4 Å². The predicted octanol–water partition coefficient (Wildman–Crippen LogP) is 2.87. The molecular weight excluding hydrogens is 430 g/mol. The number of amides is 2. The molecule has 1 aromatic carbocycles. The first-order valence-electron chi connectivity index (χ1n) is 11.2. The Morgan fingerprint density at radius 2 is 1.64 bits per heavy atom. The van der Waals surface area contributed by atoms with Crippen molar-refractivity contribution in [2.24, 2.45) is 28.8 Å². The Kier molecular flexibility index (Phi) is 6.39. The summed E-state index contributed by atoms with van der Waals surface area (Å²) in [6.45, 7) is 1.63. The molecule has 4 bridgehead atoms. The molecule has 4 aliphatic rings. The highest BCUT2D eigenvalue weighted by atomic mass is 16.6. The number of nitrogens with zero attached hydrogens (tertiary/aromatic N) is 3. The molecule has 0 aliphatic heterocycles. The summed E-state index contributed by atoms with van der Waals surface area (Å²) in [5.74, 6) is 2.05. The van der Waals surface area contributed by atoms with Gasteiger partial charge in [0.1, 0.15) is 0 Å². The zero-order chi connectivity index (χ0) is 23.7. The number of rotatable bonds is 8. The summed E-state index contributed by atoms with van der Waals surface area (Å²) >= 11 is 0. The van der Waals surface area contributed by atoms with Crippen molar-refractivity contribution in [3.8, 4) is 0 Å². The SMILES string of the molecule is C/C(CC(=O)NC1C2CC3CC(C2)CC1C3)=N\NC(=O)Cc1ccc([N+](=O)[O-])cc1[N+](=O)[O-]. The molecule has 4 aliphatic carbocycles. The van der Waals surface area contributed by atoms with Gasteiger partial charge in [0.15, 0.2) is 0 Å². The molecule has 2 amide bonds. The van der Waals surface area contributed by atoms with Crippen molar-refractivity contribution < 1.29 is 19.4 Å². The highest BCUT2D eigenvalue weighted by Gasteiger charge is 2.48. The van der Waals surface area contributed by atoms with Gasteiger partial charge in [-0.15, -0.1) is 0 Å². The monoisotopic (exact) mass is 457 g/mol. The zero-order valence-electron chi connectivity index (χ0n) is 18.4. The topological polar surface area (TPSA) is 157 Å². The minimum Gasteiger partial charge on any atom is -0.352 e. The first-order valence-corrected chi connectivity index (χ1v) is 11.2. The number of hydrogen-bond donors (Lipinski definition) is 2. The van der Waals surface area contributed by atoms with Crippen LogP contribution < -0.4 is 10.7 Å². The van der Waals surface area contributed by atoms with Gasteiger partial charge in [-0.05, 0) is 68.8 Å². The van der Waals surface area contributed by atoms with E-state index in [-0.39, 0.29) is 30.4 Å². The second-order valence-corrected chi connectivity index (χ2v) is 9.59. The number of hydrogen-bond acceptors (Lipinski definition) is 7. The minimum atomic E-state index is -0.765. The van der Waals surface area contributed by atoms with Crippen LogP contribution in [0.3, 0.4) is 0 Å². The van der Waals surface area contributed by atoms with Crippen molar-refractivity contribution in [1.29, 1.82) is 0 Å². The average Bonchev–Trinajstić information content (AvgIpc) is 2.74. The van der Waals surface area contributed by atoms with E-state index in [9.17, 15) is 29.8 Å². The molecule has 5 rings (SSSR count). The fraction of sp³-hybridized carbons (Fsp3) is 0.591. The highest BCUT2D eigenvalue weighted by Crippen LogP contribution is 2.53. The van der Waals surface area contributed by atoms with Gasteiger partial charge in [0.25, 0.3) is 11.4 Å². The third-order valence-electron chi connectivity index (χ3n) is 7.17. The first-order chi connectivity index (χ1) is 15.7. The summed E-state index contributed by atoms with van der Waals surface area (Å²) in [5, 5.41) is 29.2. The van der Waals surface area contributed by atoms with Crippen molar-refractivity contribution in [2.45, 2.75) is 57.9 Å². The van der Waals surface area contributed by atoms with Crippen molar-refractivity contribution in [2.75, 3.05) is 0 Å². The molecule has 0 atom stereocenters. The number of nitrogens with one attached hydrogen (secondary N) is 2. The van der Waals surface area contributed by atoms with Gasteiger partial charge >= 0.3 is 0 Å². The average molecular weight is 457 g/mol. The molecule has 1 aromatic rings. The van der Waals surface area contributed by atoms with Gasteiger partial charge in [-0.25, -0.2) is 5.43 Å². The maximum absolute atomic E-state index is 12.6. The quantitative estimate of drug-likeness (QED) is 0.347. The van der Waals surface area contributed by atoms with Crippen molar-refractivity contribution in [3.63, 3.8) is 0 Å². The Labute approximate surface area is 190 Å². The number of nitro groups is 2. The Morgan fingerprint density at radius 1 is 1.00 bits per heavy atom. The van der Waals surface area contributed by atoms with E-state index < -0.39 is 27.1 Å². The van der Waals surface area contributed by atoms with Crippen LogP contribution in [0, 0.1) is 43.9 Å². The summed E-state index contributed by atoms with van der Waals surface area (Å²) in [5.41, 5.74) is 1.83. The van der Waals surface area contributed by atoms with E-state index in [1.807, 2.05) is 0 Å². The molecule has 11 heteroatoms. The van der Waals surface area contributed by atoms with Crippen LogP contribution >= 0.6 is 0 Å². The Bertz CT molecular complexity index is 995. The predicted molar refractivity (Wildman–Crippen MR) is 118 cm³/mol. The second-order valence-electron chi connectivity index (χ2n) is 9.59. The van der Waals surface area contributed by atoms with Gasteiger partial charge in [-0.1, -0.05) is 0 Å². The molecule has 0 spiro atoms. The summed E-state index contributed by atoms with van der Waals surface area (Å²) in [6, 6.07) is 3.35. The molecule has 0 unspecified atom stereocenters. The van der Waals surface area contributed by atoms with Crippen LogP contribution in [-0.4, -0.2) is 33.4 Å². The number of carbonyl (C=O) groups excluding carboxylic acids is 2. The molecular formula is C22H27N5O6. The molecule has 33 heavy (non-hydrogen) atoms. The van der Waals surface area contributed by atoms with E-state index in [2.05, 4.69) is 15.8 Å². The minimum absolute atomic E-state index is 0.0376. The molecule has 0 radical (unpaired) electrons. The molecule has 11 nitrogen and oxygen atoms in total. The highest BCUT2D eigenvalue weighted by molar-refractivity contribution is 6.00. The van der Waals surface area contributed by atoms with E-state index in [4.69, 9.17) is 0 Å². The smallest absolute Gasteiger partial charge is 0.279 e. The van der Waals surface area contributed by atoms with E-state index >= 15 is 0 Å². The van der Waals surface area contributed by atoms with Crippen LogP contribution in [0.5, 0.6) is 0 Å². The number of non-ortho nitro benzene ring substituents is 1. The Morgan fingerprint density at radius 3 is 2.21 bits per heavy atom. The fourth-order valence-corrected chi connectivity index (χ4v) is 6.03. The van der Waals surface area contributed by atoms with Crippen molar-refractivity contribution in [3.05, 3.63) is 44.0 Å². The third-order valence-corrected chi connectivity index (χ3v) is 7.17. The van der Waals surface area contributed by atoms with E-state index in [1.54, 1.807) is 6.92 Å². The lowest BCUT2D eigenvalue weighted by molar-refractivity contribution is -0.394. The van der Waals surface area contributed by atoms with Crippen molar-refractivity contribution >= 4 is 28.9 Å². The van der Waals surface area contributed by atoms with Gasteiger partial charge in [-0.3, -0.25) is 29.8 Å². The Hall–Kier alpha value is -3.37. The van der Waals surface area contributed by atoms with Crippen LogP contribution in [0.15, 0.2) is 23.3 Å². The summed E-state index contributed by atoms with van der Waals surface area (Å²) in [4.78, 5) is 45.3. The third kappa shape index (κ3) is 5.18. The lowest BCUT2D eigenvalue weighted by Crippen LogP contribution is -2.56. The maximum atomic E-state index is 12.6. The fourth-order valence-electron chi connectivity index (χ4n) is 6.03. The maximum Gasteiger partial charge on any atom is 0.279 e. The summed E-state index contributed by atoms with van der Waals surface area (Å²) in [6.07, 6.45) is 5.85. The Balaban J connectivity index is 1.29. The van der Waals surface area contributed by atoms with Gasteiger partial charge < -0.3 is 5.32 Å². The van der Waals surface area contributed by atoms with E-state index in [1.165, 1.54) is 38.2 Å². The second kappa shape index (κ2) is 9.24. The van der Waals surface area contributed by atoms with Crippen LogP contribution in [0.2, 0.25) is 0 Å². The lowest BCUT2D eigenvalue weighted by atomic mass is 9.54. The molecule has 4 fully saturated rings. The number of hydrazone groups is 1. The van der Waals surface area contributed by atoms with Crippen LogP contribution in [0.1, 0.15) is 51.0 Å². The largest absolute Gasteiger partial charge is 0.352 e. The molecule has 176 valence electrons.